The van der Waals surface area contributed by atoms with Crippen molar-refractivity contribution in [1.29, 1.82) is 0 Å². The van der Waals surface area contributed by atoms with Gasteiger partial charge in [-0.3, -0.25) is 4.99 Å². The third kappa shape index (κ3) is 6.62. The van der Waals surface area contributed by atoms with Crippen molar-refractivity contribution >= 4 is 29.9 Å². The van der Waals surface area contributed by atoms with E-state index in [2.05, 4.69) is 37.9 Å². The summed E-state index contributed by atoms with van der Waals surface area (Å²) in [6.07, 6.45) is 15.3. The molecule has 0 aromatic carbocycles. The van der Waals surface area contributed by atoms with E-state index >= 15 is 0 Å². The second-order valence-corrected chi connectivity index (χ2v) is 7.75. The van der Waals surface area contributed by atoms with Crippen molar-refractivity contribution in [3.63, 3.8) is 0 Å². The van der Waals surface area contributed by atoms with Gasteiger partial charge in [0.1, 0.15) is 0 Å². The van der Waals surface area contributed by atoms with Gasteiger partial charge in [-0.05, 0) is 25.2 Å². The molecule has 0 spiro atoms. The molecule has 2 unspecified atom stereocenters. The zero-order valence-electron chi connectivity index (χ0n) is 16.8. The Hall–Kier alpha value is -0.830. The summed E-state index contributed by atoms with van der Waals surface area (Å²) in [5, 5.41) is 3.50. The van der Waals surface area contributed by atoms with Gasteiger partial charge in [0.25, 0.3) is 0 Å². The molecule has 1 aromatic rings. The Morgan fingerprint density at radius 1 is 1.22 bits per heavy atom. The maximum atomic E-state index is 6.09. The van der Waals surface area contributed by atoms with Gasteiger partial charge in [0.15, 0.2) is 5.96 Å². The van der Waals surface area contributed by atoms with Gasteiger partial charge >= 0.3 is 0 Å². The average molecular weight is 489 g/mol. The van der Waals surface area contributed by atoms with Crippen LogP contribution in [0.4, 0.5) is 0 Å². The van der Waals surface area contributed by atoms with Crippen molar-refractivity contribution in [3.8, 4) is 0 Å². The number of ether oxygens (including phenoxy) is 1. The molecular weight excluding hydrogens is 453 g/mol. The predicted octanol–water partition coefficient (Wildman–Crippen LogP) is 3.70. The van der Waals surface area contributed by atoms with Crippen molar-refractivity contribution in [1.82, 2.24) is 19.8 Å². The highest BCUT2D eigenvalue weighted by Gasteiger charge is 2.28. The minimum atomic E-state index is 0. The van der Waals surface area contributed by atoms with Gasteiger partial charge in [0.2, 0.25) is 0 Å². The summed E-state index contributed by atoms with van der Waals surface area (Å²) in [7, 11) is 1.87. The lowest BCUT2D eigenvalue weighted by molar-refractivity contribution is 0.0464. The summed E-state index contributed by atoms with van der Waals surface area (Å²) >= 11 is 0. The molecule has 1 aromatic heterocycles. The third-order valence-electron chi connectivity index (χ3n) is 5.88. The van der Waals surface area contributed by atoms with Gasteiger partial charge in [0.05, 0.1) is 25.1 Å². The van der Waals surface area contributed by atoms with E-state index in [1.165, 1.54) is 44.9 Å². The van der Waals surface area contributed by atoms with Crippen molar-refractivity contribution in [2.45, 2.75) is 64.0 Å². The summed E-state index contributed by atoms with van der Waals surface area (Å²) in [6.45, 7) is 5.94. The molecule has 154 valence electrons. The number of halogens is 1. The number of nitrogens with one attached hydrogen (secondary N) is 1. The lowest BCUT2D eigenvalue weighted by Crippen LogP contribution is -2.49. The van der Waals surface area contributed by atoms with E-state index in [4.69, 9.17) is 4.74 Å². The molecule has 2 atom stereocenters. The lowest BCUT2D eigenvalue weighted by Gasteiger charge is -2.39. The molecule has 1 aliphatic carbocycles. The Labute approximate surface area is 181 Å². The molecule has 2 heterocycles. The topological polar surface area (TPSA) is 54.7 Å². The van der Waals surface area contributed by atoms with Crippen LogP contribution in [0.1, 0.15) is 57.9 Å². The number of nitrogens with zero attached hydrogens (tertiary/aromatic N) is 4. The van der Waals surface area contributed by atoms with Crippen molar-refractivity contribution in [3.05, 3.63) is 18.7 Å². The van der Waals surface area contributed by atoms with E-state index in [0.717, 1.165) is 32.2 Å². The Kier molecular flexibility index (Phi) is 9.89. The van der Waals surface area contributed by atoms with Crippen molar-refractivity contribution in [2.75, 3.05) is 33.3 Å². The Balaban J connectivity index is 0.00000261. The molecule has 7 heteroatoms. The van der Waals surface area contributed by atoms with Crippen LogP contribution in [0.2, 0.25) is 0 Å². The zero-order chi connectivity index (χ0) is 18.2. The van der Waals surface area contributed by atoms with Crippen LogP contribution in [-0.2, 0) is 4.74 Å². The van der Waals surface area contributed by atoms with Crippen LogP contribution in [0.3, 0.4) is 0 Å². The van der Waals surface area contributed by atoms with Crippen LogP contribution >= 0.6 is 24.0 Å². The molecule has 0 radical (unpaired) electrons. The number of imidazole rings is 1. The Morgan fingerprint density at radius 3 is 2.67 bits per heavy atom. The second-order valence-electron chi connectivity index (χ2n) is 7.75. The second kappa shape index (κ2) is 11.9. The van der Waals surface area contributed by atoms with Gasteiger partial charge in [0, 0.05) is 39.1 Å². The van der Waals surface area contributed by atoms with Gasteiger partial charge in [-0.2, -0.15) is 0 Å². The van der Waals surface area contributed by atoms with Crippen LogP contribution in [0.15, 0.2) is 23.7 Å². The summed E-state index contributed by atoms with van der Waals surface area (Å²) < 4.78 is 8.33. The van der Waals surface area contributed by atoms with Gasteiger partial charge in [-0.25, -0.2) is 4.98 Å². The van der Waals surface area contributed by atoms with Crippen LogP contribution < -0.4 is 5.32 Å². The quantitative estimate of drug-likeness (QED) is 0.225. The fourth-order valence-corrected chi connectivity index (χ4v) is 4.22. The number of aliphatic imine (C=N–C) groups is 1. The first-order valence-electron chi connectivity index (χ1n) is 10.3. The van der Waals surface area contributed by atoms with Gasteiger partial charge in [-0.15, -0.1) is 24.0 Å². The van der Waals surface area contributed by atoms with E-state index in [1.54, 1.807) is 0 Å². The van der Waals surface area contributed by atoms with Crippen molar-refractivity contribution in [2.24, 2.45) is 10.9 Å². The molecule has 27 heavy (non-hydrogen) atoms. The number of aromatic nitrogens is 2. The number of hydrogen-bond donors (Lipinski definition) is 1. The van der Waals surface area contributed by atoms with Gasteiger partial charge in [-0.1, -0.05) is 32.6 Å². The lowest BCUT2D eigenvalue weighted by atomic mass is 9.93. The van der Waals surface area contributed by atoms with Crippen molar-refractivity contribution < 1.29 is 4.74 Å². The maximum absolute atomic E-state index is 6.09. The highest BCUT2D eigenvalue weighted by Crippen LogP contribution is 2.27. The first kappa shape index (κ1) is 22.5. The SMILES string of the molecule is CN=C(NCCOC1CCCCCC1)N1CCC(C)C(n2ccnc2)C1.I. The van der Waals surface area contributed by atoms with E-state index in [9.17, 15) is 0 Å². The minimum Gasteiger partial charge on any atom is -0.376 e. The van der Waals surface area contributed by atoms with Crippen LogP contribution in [0, 0.1) is 5.92 Å². The Morgan fingerprint density at radius 2 is 2.00 bits per heavy atom. The largest absolute Gasteiger partial charge is 0.376 e. The predicted molar refractivity (Wildman–Crippen MR) is 121 cm³/mol. The summed E-state index contributed by atoms with van der Waals surface area (Å²) in [4.78, 5) is 11.1. The fraction of sp³-hybridized carbons (Fsp3) is 0.800. The van der Waals surface area contributed by atoms with Crippen LogP contribution in [0.5, 0.6) is 0 Å². The zero-order valence-corrected chi connectivity index (χ0v) is 19.2. The molecule has 3 rings (SSSR count). The van der Waals surface area contributed by atoms with E-state index in [0.29, 0.717) is 18.1 Å². The number of hydrogen-bond acceptors (Lipinski definition) is 3. The van der Waals surface area contributed by atoms with Crippen LogP contribution in [0.25, 0.3) is 0 Å². The first-order chi connectivity index (χ1) is 12.8. The minimum absolute atomic E-state index is 0. The molecule has 1 saturated carbocycles. The number of likely N-dealkylation sites (tertiary alicyclic amines) is 1. The first-order valence-corrected chi connectivity index (χ1v) is 10.3. The summed E-state index contributed by atoms with van der Waals surface area (Å²) in [5.74, 6) is 1.64. The van der Waals surface area contributed by atoms with Gasteiger partial charge < -0.3 is 19.5 Å². The fourth-order valence-electron chi connectivity index (χ4n) is 4.22. The number of guanidine groups is 1. The smallest absolute Gasteiger partial charge is 0.193 e. The molecule has 6 nitrogen and oxygen atoms in total. The highest BCUT2D eigenvalue weighted by molar-refractivity contribution is 14.0. The van der Waals surface area contributed by atoms with E-state index in [-0.39, 0.29) is 24.0 Å². The molecule has 2 aliphatic rings. The van der Waals surface area contributed by atoms with E-state index < -0.39 is 0 Å². The molecule has 0 amide bonds. The monoisotopic (exact) mass is 489 g/mol. The van der Waals surface area contributed by atoms with Crippen LogP contribution in [-0.4, -0.2) is 59.8 Å². The standard InChI is InChI=1S/C20H35N5O.HI/c1-17-9-12-24(15-19(17)25-13-10-22-16-25)20(21-2)23-11-14-26-18-7-5-3-4-6-8-18;/h10,13,16-19H,3-9,11-12,14-15H2,1-2H3,(H,21,23);1H. The molecule has 1 saturated heterocycles. The molecule has 2 fully saturated rings. The van der Waals surface area contributed by atoms with E-state index in [1.807, 2.05) is 19.6 Å². The molecule has 1 N–H and O–H groups in total. The Bertz CT molecular complexity index is 543. The third-order valence-corrected chi connectivity index (χ3v) is 5.88. The average Bonchev–Trinajstić information content (AvgIpc) is 3.07. The number of piperidine rings is 1. The highest BCUT2D eigenvalue weighted by atomic mass is 127. The molecular formula is C20H36IN5O. The molecule has 1 aliphatic heterocycles. The summed E-state index contributed by atoms with van der Waals surface area (Å²) in [6, 6.07) is 0.451. The summed E-state index contributed by atoms with van der Waals surface area (Å²) in [5.41, 5.74) is 0. The normalized spacial score (nSPS) is 25.0. The number of rotatable bonds is 5. The molecule has 0 bridgehead atoms. The maximum Gasteiger partial charge on any atom is 0.193 e.